The Hall–Kier alpha value is -3.03. The molecule has 3 aliphatic heterocycles. The smallest absolute Gasteiger partial charge is 0.220 e. The molecular weight excluding hydrogens is 1130 g/mol. The largest absolute Gasteiger partial charge is 0.394 e. The normalized spacial score (nSPS) is 28.9. The number of aliphatic hydroxyl groups is 11. The predicted molar refractivity (Wildman–Crippen MR) is 341 cm³/mol. The van der Waals surface area contributed by atoms with Crippen LogP contribution in [0.25, 0.3) is 0 Å². The molecule has 3 aliphatic rings. The summed E-state index contributed by atoms with van der Waals surface area (Å²) < 4.78 is 34.3. The molecule has 0 spiro atoms. The third-order valence-corrected chi connectivity index (χ3v) is 16.4. The summed E-state index contributed by atoms with van der Waals surface area (Å²) in [7, 11) is 0. The number of ether oxygens (including phenoxy) is 6. The van der Waals surface area contributed by atoms with Crippen molar-refractivity contribution in [3.05, 3.63) is 85.1 Å². The first kappa shape index (κ1) is 79.2. The molecule has 3 heterocycles. The van der Waals surface area contributed by atoms with Gasteiger partial charge in [0.2, 0.25) is 5.91 Å². The van der Waals surface area contributed by atoms with Gasteiger partial charge in [-0.25, -0.2) is 0 Å². The Morgan fingerprint density at radius 2 is 0.795 bits per heavy atom. The van der Waals surface area contributed by atoms with E-state index in [2.05, 4.69) is 92.1 Å². The highest BCUT2D eigenvalue weighted by Gasteiger charge is 2.53. The Labute approximate surface area is 527 Å². The Bertz CT molecular complexity index is 1930. The van der Waals surface area contributed by atoms with Gasteiger partial charge in [0.25, 0.3) is 0 Å². The Morgan fingerprint density at radius 1 is 0.420 bits per heavy atom. The van der Waals surface area contributed by atoms with Gasteiger partial charge in [0.15, 0.2) is 18.9 Å². The predicted octanol–water partition coefficient (Wildman–Crippen LogP) is 8.32. The van der Waals surface area contributed by atoms with E-state index in [4.69, 9.17) is 28.4 Å². The molecule has 19 heteroatoms. The van der Waals surface area contributed by atoms with Gasteiger partial charge in [0, 0.05) is 6.42 Å². The highest BCUT2D eigenvalue weighted by Crippen LogP contribution is 2.33. The molecule has 19 nitrogen and oxygen atoms in total. The van der Waals surface area contributed by atoms with Crippen LogP contribution in [0, 0.1) is 0 Å². The van der Waals surface area contributed by atoms with Gasteiger partial charge in [0.05, 0.1) is 38.6 Å². The summed E-state index contributed by atoms with van der Waals surface area (Å²) in [4.78, 5) is 13.4. The number of allylic oxidation sites excluding steroid dienone is 13. The maximum absolute atomic E-state index is 13.4. The average molecular weight is 1250 g/mol. The Kier molecular flexibility index (Phi) is 45.5. The molecule has 3 saturated heterocycles. The molecule has 3 fully saturated rings. The van der Waals surface area contributed by atoms with Gasteiger partial charge in [-0.1, -0.05) is 208 Å². The summed E-state index contributed by atoms with van der Waals surface area (Å²) >= 11 is 0. The van der Waals surface area contributed by atoms with E-state index < -0.39 is 124 Å². The summed E-state index contributed by atoms with van der Waals surface area (Å²) in [5.74, 6) is -0.316. The SMILES string of the molecule is CC/C=C\C/C=C\C/C=C\C/C=C\CCCCCCC(=O)NC(COC1OC(CO)C(OC2OC(CO)C(OC3OC(CO)C(O)C(O)C3O)C(O)C2O)C(O)C1O)C(O)/C=C/CC/C=C/CC/C=C/CCCCCCCCCCCCCCCCCC. The number of nitrogens with one attached hydrogen (secondary N) is 1. The van der Waals surface area contributed by atoms with Crippen molar-refractivity contribution in [2.75, 3.05) is 26.4 Å². The van der Waals surface area contributed by atoms with Gasteiger partial charge in [-0.2, -0.15) is 0 Å². The molecule has 17 atom stereocenters. The van der Waals surface area contributed by atoms with E-state index in [1.165, 1.54) is 103 Å². The summed E-state index contributed by atoms with van der Waals surface area (Å²) in [6.07, 6.45) is 37.1. The van der Waals surface area contributed by atoms with Crippen molar-refractivity contribution in [3.63, 3.8) is 0 Å². The van der Waals surface area contributed by atoms with Crippen molar-refractivity contribution >= 4 is 5.91 Å². The van der Waals surface area contributed by atoms with Gasteiger partial charge in [0.1, 0.15) is 73.2 Å². The van der Waals surface area contributed by atoms with Crippen LogP contribution in [0.3, 0.4) is 0 Å². The van der Waals surface area contributed by atoms with Crippen molar-refractivity contribution in [2.24, 2.45) is 0 Å². The fourth-order valence-corrected chi connectivity index (χ4v) is 10.9. The van der Waals surface area contributed by atoms with Crippen LogP contribution in [0.15, 0.2) is 85.1 Å². The third-order valence-electron chi connectivity index (χ3n) is 16.4. The highest BCUT2D eigenvalue weighted by atomic mass is 16.8. The molecule has 508 valence electrons. The molecule has 0 radical (unpaired) electrons. The van der Waals surface area contributed by atoms with E-state index in [1.54, 1.807) is 6.08 Å². The van der Waals surface area contributed by atoms with Crippen LogP contribution in [0.5, 0.6) is 0 Å². The first-order valence-electron chi connectivity index (χ1n) is 33.8. The lowest BCUT2D eigenvalue weighted by Gasteiger charge is -2.48. The summed E-state index contributed by atoms with van der Waals surface area (Å²) in [5, 5.41) is 120. The number of aliphatic hydroxyl groups excluding tert-OH is 11. The molecule has 12 N–H and O–H groups in total. The summed E-state index contributed by atoms with van der Waals surface area (Å²) in [5.41, 5.74) is 0. The highest BCUT2D eigenvalue weighted by molar-refractivity contribution is 5.76. The van der Waals surface area contributed by atoms with Crippen LogP contribution in [-0.4, -0.2) is 193 Å². The van der Waals surface area contributed by atoms with E-state index in [1.807, 2.05) is 6.08 Å². The number of carbonyl (C=O) groups excluding carboxylic acids is 1. The van der Waals surface area contributed by atoms with Crippen molar-refractivity contribution in [2.45, 2.75) is 317 Å². The van der Waals surface area contributed by atoms with Gasteiger partial charge >= 0.3 is 0 Å². The molecule has 17 unspecified atom stereocenters. The fourth-order valence-electron chi connectivity index (χ4n) is 10.9. The zero-order valence-corrected chi connectivity index (χ0v) is 53.4. The van der Waals surface area contributed by atoms with Crippen molar-refractivity contribution in [3.8, 4) is 0 Å². The van der Waals surface area contributed by atoms with E-state index in [9.17, 15) is 61.0 Å². The zero-order valence-electron chi connectivity index (χ0n) is 53.4. The lowest BCUT2D eigenvalue weighted by Crippen LogP contribution is -2.66. The second-order valence-corrected chi connectivity index (χ2v) is 23.9. The van der Waals surface area contributed by atoms with Gasteiger partial charge in [-0.05, 0) is 83.5 Å². The first-order chi connectivity index (χ1) is 42.8. The van der Waals surface area contributed by atoms with Crippen LogP contribution in [0.4, 0.5) is 0 Å². The monoisotopic (exact) mass is 1250 g/mol. The molecule has 0 aromatic carbocycles. The number of carbonyl (C=O) groups is 1. The number of hydrogen-bond donors (Lipinski definition) is 12. The van der Waals surface area contributed by atoms with Crippen LogP contribution in [-0.2, 0) is 33.2 Å². The summed E-state index contributed by atoms with van der Waals surface area (Å²) in [6.45, 7) is 1.56. The van der Waals surface area contributed by atoms with Gasteiger partial charge < -0.3 is 89.9 Å². The maximum Gasteiger partial charge on any atom is 0.220 e. The first-order valence-corrected chi connectivity index (χ1v) is 33.8. The van der Waals surface area contributed by atoms with E-state index in [0.717, 1.165) is 77.0 Å². The topological polar surface area (TPSA) is 307 Å². The fraction of sp³-hybridized carbons (Fsp3) is 0.783. The van der Waals surface area contributed by atoms with Crippen molar-refractivity contribution in [1.29, 1.82) is 0 Å². The summed E-state index contributed by atoms with van der Waals surface area (Å²) in [6, 6.07) is -1.02. The van der Waals surface area contributed by atoms with Crippen LogP contribution < -0.4 is 5.32 Å². The molecule has 88 heavy (non-hydrogen) atoms. The molecule has 0 aromatic heterocycles. The van der Waals surface area contributed by atoms with E-state index >= 15 is 0 Å². The molecular formula is C69H119NO18. The molecule has 0 aromatic rings. The number of amides is 1. The number of unbranched alkanes of at least 4 members (excludes halogenated alkanes) is 22. The molecule has 1 amide bonds. The lowest BCUT2D eigenvalue weighted by atomic mass is 9.96. The van der Waals surface area contributed by atoms with Crippen molar-refractivity contribution < 1.29 is 89.4 Å². The van der Waals surface area contributed by atoms with Crippen molar-refractivity contribution in [1.82, 2.24) is 5.32 Å². The van der Waals surface area contributed by atoms with Crippen LogP contribution in [0.1, 0.15) is 213 Å². The Balaban J connectivity index is 1.47. The minimum atomic E-state index is -1.99. The van der Waals surface area contributed by atoms with E-state index in [0.29, 0.717) is 12.8 Å². The third kappa shape index (κ3) is 32.5. The van der Waals surface area contributed by atoms with Gasteiger partial charge in [-0.15, -0.1) is 0 Å². The zero-order chi connectivity index (χ0) is 64.0. The molecule has 3 rings (SSSR count). The second kappa shape index (κ2) is 50.5. The van der Waals surface area contributed by atoms with Crippen LogP contribution in [0.2, 0.25) is 0 Å². The molecule has 0 saturated carbocycles. The minimum Gasteiger partial charge on any atom is -0.394 e. The quantitative estimate of drug-likeness (QED) is 0.0201. The lowest BCUT2D eigenvalue weighted by molar-refractivity contribution is -0.379. The second-order valence-electron chi connectivity index (χ2n) is 23.9. The molecule has 0 aliphatic carbocycles. The standard InChI is InChI=1S/C69H119NO18/c1-3-5-7-9-11-13-15-17-19-21-22-23-24-25-26-27-28-29-31-32-34-36-38-40-42-44-46-53(74)52(70-57(75)47-45-43-41-39-37-35-33-30-20-18-16-14-12-10-8-6-4-2)51-83-67-63(81)60(78)65(55(49-72)85-67)88-69-64(82)61(79)66(56(50-73)86-69)87-68-62(80)59(77)58(76)54(48-71)84-68/h6,8,12,14,18,20,29,31,33,35-36,38,44,46,52-56,58-69,71-74,76-82H,3-5,7,9-11,13,15-17,19,21-28,30,32,34,37,39-43,45,47-51H2,1-2H3,(H,70,75)/b8-6-,14-12-,20-18-,31-29+,35-33-,38-36+,46-44+. The van der Waals surface area contributed by atoms with Gasteiger partial charge in [-0.3, -0.25) is 4.79 Å². The number of hydrogen-bond acceptors (Lipinski definition) is 18. The van der Waals surface area contributed by atoms with Crippen LogP contribution >= 0.6 is 0 Å². The minimum absolute atomic E-state index is 0.199. The van der Waals surface area contributed by atoms with E-state index in [-0.39, 0.29) is 18.9 Å². The Morgan fingerprint density at radius 3 is 1.27 bits per heavy atom. The molecule has 0 bridgehead atoms. The number of rotatable bonds is 50. The maximum atomic E-state index is 13.4. The average Bonchev–Trinajstić information content (AvgIpc) is 3.72.